The summed E-state index contributed by atoms with van der Waals surface area (Å²) >= 11 is 3.44. The first kappa shape index (κ1) is 12.3. The number of aromatic nitrogens is 3. The number of halogens is 1. The second-order valence-corrected chi connectivity index (χ2v) is 4.78. The zero-order chi connectivity index (χ0) is 12.1. The zero-order valence-corrected chi connectivity index (χ0v) is 11.0. The molecule has 1 heterocycles. The molecule has 5 heteroatoms. The van der Waals surface area contributed by atoms with Gasteiger partial charge in [0.2, 0.25) is 0 Å². The highest BCUT2D eigenvalue weighted by molar-refractivity contribution is 9.10. The van der Waals surface area contributed by atoms with Crippen molar-refractivity contribution in [3.05, 3.63) is 46.2 Å². The van der Waals surface area contributed by atoms with Crippen LogP contribution in [-0.4, -0.2) is 26.7 Å². The average molecular weight is 296 g/mol. The van der Waals surface area contributed by atoms with Gasteiger partial charge in [-0.1, -0.05) is 33.3 Å². The van der Waals surface area contributed by atoms with Gasteiger partial charge in [-0.25, -0.2) is 4.68 Å². The van der Waals surface area contributed by atoms with Crippen molar-refractivity contribution in [1.82, 2.24) is 15.0 Å². The third-order valence-electron chi connectivity index (χ3n) is 2.41. The van der Waals surface area contributed by atoms with Crippen LogP contribution in [0, 0.1) is 0 Å². The largest absolute Gasteiger partial charge is 0.396 e. The maximum absolute atomic E-state index is 8.74. The summed E-state index contributed by atoms with van der Waals surface area (Å²) in [6.45, 7) is 0.907. The van der Waals surface area contributed by atoms with Gasteiger partial charge in [0.15, 0.2) is 0 Å². The van der Waals surface area contributed by atoms with Gasteiger partial charge in [-0.05, 0) is 30.5 Å². The third kappa shape index (κ3) is 3.64. The van der Waals surface area contributed by atoms with Gasteiger partial charge in [0.05, 0.1) is 12.2 Å². The Morgan fingerprint density at radius 3 is 3.00 bits per heavy atom. The minimum Gasteiger partial charge on any atom is -0.396 e. The number of hydrogen-bond donors (Lipinski definition) is 1. The Labute approximate surface area is 108 Å². The second kappa shape index (κ2) is 5.93. The first-order valence-electron chi connectivity index (χ1n) is 5.52. The lowest BCUT2D eigenvalue weighted by Crippen LogP contribution is -2.00. The summed E-state index contributed by atoms with van der Waals surface area (Å²) < 4.78 is 2.88. The minimum absolute atomic E-state index is 0.193. The van der Waals surface area contributed by atoms with Gasteiger partial charge in [-0.3, -0.25) is 0 Å². The van der Waals surface area contributed by atoms with Crippen LogP contribution in [0.2, 0.25) is 0 Å². The standard InChI is InChI=1S/C12H14BrN3O/c13-11-4-1-3-10(7-11)8-16-9-12(14-15-16)5-2-6-17/h1,3-4,7,9,17H,2,5-6,8H2. The highest BCUT2D eigenvalue weighted by Gasteiger charge is 2.01. The fourth-order valence-electron chi connectivity index (χ4n) is 1.61. The number of benzene rings is 1. The van der Waals surface area contributed by atoms with Crippen molar-refractivity contribution in [2.24, 2.45) is 0 Å². The summed E-state index contributed by atoms with van der Waals surface area (Å²) in [5.41, 5.74) is 2.10. The molecule has 0 saturated heterocycles. The van der Waals surface area contributed by atoms with E-state index in [1.165, 1.54) is 5.56 Å². The molecular formula is C12H14BrN3O. The van der Waals surface area contributed by atoms with Crippen molar-refractivity contribution in [2.75, 3.05) is 6.61 Å². The lowest BCUT2D eigenvalue weighted by molar-refractivity contribution is 0.288. The molecule has 0 saturated carbocycles. The molecule has 0 aliphatic rings. The molecule has 0 aliphatic heterocycles. The van der Waals surface area contributed by atoms with Crippen LogP contribution in [-0.2, 0) is 13.0 Å². The molecule has 1 aromatic heterocycles. The fraction of sp³-hybridized carbons (Fsp3) is 0.333. The van der Waals surface area contributed by atoms with E-state index in [1.54, 1.807) is 0 Å². The summed E-state index contributed by atoms with van der Waals surface area (Å²) in [5, 5.41) is 16.9. The summed E-state index contributed by atoms with van der Waals surface area (Å²) in [6.07, 6.45) is 3.43. The van der Waals surface area contributed by atoms with E-state index in [2.05, 4.69) is 38.4 Å². The molecule has 0 aliphatic carbocycles. The predicted molar refractivity (Wildman–Crippen MR) is 68.7 cm³/mol. The molecular weight excluding hydrogens is 282 g/mol. The zero-order valence-electron chi connectivity index (χ0n) is 9.38. The van der Waals surface area contributed by atoms with E-state index in [4.69, 9.17) is 5.11 Å². The Hall–Kier alpha value is -1.20. The molecule has 17 heavy (non-hydrogen) atoms. The molecule has 2 aromatic rings. The van der Waals surface area contributed by atoms with E-state index in [1.807, 2.05) is 23.0 Å². The molecule has 0 unspecified atom stereocenters. The maximum atomic E-state index is 8.74. The molecule has 0 radical (unpaired) electrons. The number of hydrogen-bond acceptors (Lipinski definition) is 3. The molecule has 4 nitrogen and oxygen atoms in total. The number of aliphatic hydroxyl groups is 1. The van der Waals surface area contributed by atoms with Gasteiger partial charge in [0.1, 0.15) is 0 Å². The summed E-state index contributed by atoms with van der Waals surface area (Å²) in [4.78, 5) is 0. The Morgan fingerprint density at radius 2 is 2.24 bits per heavy atom. The van der Waals surface area contributed by atoms with Crippen molar-refractivity contribution in [3.63, 3.8) is 0 Å². The normalized spacial score (nSPS) is 10.7. The molecule has 1 aromatic carbocycles. The van der Waals surface area contributed by atoms with Gasteiger partial charge in [-0.2, -0.15) is 0 Å². The average Bonchev–Trinajstić information content (AvgIpc) is 2.74. The van der Waals surface area contributed by atoms with E-state index in [0.29, 0.717) is 6.54 Å². The molecule has 0 bridgehead atoms. The first-order valence-corrected chi connectivity index (χ1v) is 6.31. The molecule has 0 amide bonds. The number of nitrogens with zero attached hydrogens (tertiary/aromatic N) is 3. The van der Waals surface area contributed by atoms with Crippen molar-refractivity contribution in [3.8, 4) is 0 Å². The van der Waals surface area contributed by atoms with Crippen LogP contribution in [0.3, 0.4) is 0 Å². The van der Waals surface area contributed by atoms with E-state index >= 15 is 0 Å². The van der Waals surface area contributed by atoms with Gasteiger partial charge in [0.25, 0.3) is 0 Å². The molecule has 90 valence electrons. The summed E-state index contributed by atoms with van der Waals surface area (Å²) in [7, 11) is 0. The van der Waals surface area contributed by atoms with Crippen molar-refractivity contribution >= 4 is 15.9 Å². The smallest absolute Gasteiger partial charge is 0.0828 e. The third-order valence-corrected chi connectivity index (χ3v) is 2.90. The van der Waals surface area contributed by atoms with Crippen LogP contribution in [0.15, 0.2) is 34.9 Å². The van der Waals surface area contributed by atoms with E-state index < -0.39 is 0 Å². The highest BCUT2D eigenvalue weighted by atomic mass is 79.9. The van der Waals surface area contributed by atoms with Gasteiger partial charge in [-0.15, -0.1) is 5.10 Å². The Balaban J connectivity index is 2.01. The fourth-order valence-corrected chi connectivity index (χ4v) is 2.06. The van der Waals surface area contributed by atoms with Crippen LogP contribution in [0.4, 0.5) is 0 Å². The number of rotatable bonds is 5. The van der Waals surface area contributed by atoms with Gasteiger partial charge < -0.3 is 5.11 Å². The summed E-state index contributed by atoms with van der Waals surface area (Å²) in [5.74, 6) is 0. The van der Waals surface area contributed by atoms with Crippen LogP contribution in [0.25, 0.3) is 0 Å². The van der Waals surface area contributed by atoms with Crippen molar-refractivity contribution in [1.29, 1.82) is 0 Å². The lowest BCUT2D eigenvalue weighted by Gasteiger charge is -2.00. The lowest BCUT2D eigenvalue weighted by atomic mass is 10.2. The number of aliphatic hydroxyl groups excluding tert-OH is 1. The molecule has 0 atom stereocenters. The van der Waals surface area contributed by atoms with Crippen molar-refractivity contribution < 1.29 is 5.11 Å². The van der Waals surface area contributed by atoms with Crippen LogP contribution < -0.4 is 0 Å². The van der Waals surface area contributed by atoms with Crippen molar-refractivity contribution in [2.45, 2.75) is 19.4 Å². The van der Waals surface area contributed by atoms with E-state index in [9.17, 15) is 0 Å². The molecule has 2 rings (SSSR count). The minimum atomic E-state index is 0.193. The quantitative estimate of drug-likeness (QED) is 0.918. The molecule has 0 spiro atoms. The van der Waals surface area contributed by atoms with Crippen LogP contribution >= 0.6 is 15.9 Å². The van der Waals surface area contributed by atoms with Gasteiger partial charge >= 0.3 is 0 Å². The van der Waals surface area contributed by atoms with Crippen LogP contribution in [0.5, 0.6) is 0 Å². The summed E-state index contributed by atoms with van der Waals surface area (Å²) in [6, 6.07) is 8.12. The van der Waals surface area contributed by atoms with E-state index in [0.717, 1.165) is 23.0 Å². The monoisotopic (exact) mass is 295 g/mol. The van der Waals surface area contributed by atoms with E-state index in [-0.39, 0.29) is 6.61 Å². The Kier molecular flexibility index (Phi) is 4.28. The first-order chi connectivity index (χ1) is 8.28. The van der Waals surface area contributed by atoms with Crippen LogP contribution in [0.1, 0.15) is 17.7 Å². The number of aryl methyl sites for hydroxylation is 1. The topological polar surface area (TPSA) is 50.9 Å². The highest BCUT2D eigenvalue weighted by Crippen LogP contribution is 2.12. The molecule has 0 fully saturated rings. The Bertz CT molecular complexity index is 484. The Morgan fingerprint density at radius 1 is 1.35 bits per heavy atom. The predicted octanol–water partition coefficient (Wildman–Crippen LogP) is 2.01. The maximum Gasteiger partial charge on any atom is 0.0828 e. The second-order valence-electron chi connectivity index (χ2n) is 3.86. The van der Waals surface area contributed by atoms with Gasteiger partial charge in [0, 0.05) is 17.3 Å². The molecule has 1 N–H and O–H groups in total. The SMILES string of the molecule is OCCCc1cn(Cc2cccc(Br)c2)nn1.